The first kappa shape index (κ1) is 25.8. The standard InChI is InChI=1S/C23H24F3N5O4S/c24-23(25,26)21-13-20(31(29-21)17-7-9-19(10-8-17)36(28,33)34)16-5-3-15(4-6-16)12-22(32)35-14-18-2-1-11-30(18)27/h3-10,13,18H,1-2,11-12,14,27H2,(H2,28,33,34). The molecule has 0 spiro atoms. The maximum atomic E-state index is 13.4. The van der Waals surface area contributed by atoms with Crippen LogP contribution in [0.15, 0.2) is 59.5 Å². The highest BCUT2D eigenvalue weighted by atomic mass is 32.2. The number of sulfonamides is 1. The molecule has 0 bridgehead atoms. The number of ether oxygens (including phenoxy) is 1. The summed E-state index contributed by atoms with van der Waals surface area (Å²) in [6, 6.07) is 12.3. The first-order valence-corrected chi connectivity index (χ1v) is 12.5. The van der Waals surface area contributed by atoms with Gasteiger partial charge in [0.1, 0.15) is 6.61 Å². The van der Waals surface area contributed by atoms with E-state index in [0.29, 0.717) is 11.1 Å². The molecule has 1 atom stereocenters. The number of carbonyl (C=O) groups is 1. The van der Waals surface area contributed by atoms with E-state index in [1.54, 1.807) is 29.3 Å². The number of nitrogens with zero attached hydrogens (tertiary/aromatic N) is 3. The minimum absolute atomic E-state index is 0.000338. The average Bonchev–Trinajstić information content (AvgIpc) is 3.44. The number of esters is 1. The van der Waals surface area contributed by atoms with Gasteiger partial charge in [0.05, 0.1) is 28.7 Å². The normalized spacial score (nSPS) is 16.9. The first-order chi connectivity index (χ1) is 16.9. The predicted octanol–water partition coefficient (Wildman–Crippen LogP) is 2.63. The van der Waals surface area contributed by atoms with Gasteiger partial charge in [-0.2, -0.15) is 18.3 Å². The number of alkyl halides is 3. The third-order valence-corrected chi connectivity index (χ3v) is 6.80. The number of hydrazine groups is 1. The van der Waals surface area contributed by atoms with Crippen molar-refractivity contribution >= 4 is 16.0 Å². The highest BCUT2D eigenvalue weighted by Crippen LogP contribution is 2.33. The van der Waals surface area contributed by atoms with E-state index >= 15 is 0 Å². The van der Waals surface area contributed by atoms with Gasteiger partial charge in [0.25, 0.3) is 0 Å². The van der Waals surface area contributed by atoms with Gasteiger partial charge in [0, 0.05) is 12.1 Å². The molecule has 2 heterocycles. The summed E-state index contributed by atoms with van der Waals surface area (Å²) in [6.07, 6.45) is -2.89. The lowest BCUT2D eigenvalue weighted by Gasteiger charge is -2.18. The van der Waals surface area contributed by atoms with E-state index in [9.17, 15) is 26.4 Å². The summed E-state index contributed by atoms with van der Waals surface area (Å²) in [5.74, 6) is 5.40. The molecule has 1 saturated heterocycles. The van der Waals surface area contributed by atoms with Crippen molar-refractivity contribution in [2.75, 3.05) is 13.2 Å². The molecular weight excluding hydrogens is 499 g/mol. The molecule has 4 rings (SSSR count). The van der Waals surface area contributed by atoms with E-state index in [4.69, 9.17) is 15.7 Å². The first-order valence-electron chi connectivity index (χ1n) is 11.0. The molecule has 2 aromatic carbocycles. The molecule has 0 radical (unpaired) electrons. The van der Waals surface area contributed by atoms with E-state index in [1.807, 2.05) is 0 Å². The van der Waals surface area contributed by atoms with E-state index in [0.717, 1.165) is 30.1 Å². The smallest absolute Gasteiger partial charge is 0.435 e. The van der Waals surface area contributed by atoms with E-state index < -0.39 is 27.9 Å². The van der Waals surface area contributed by atoms with Gasteiger partial charge in [-0.15, -0.1) is 0 Å². The number of hydrogen-bond acceptors (Lipinski definition) is 7. The zero-order valence-electron chi connectivity index (χ0n) is 19.0. The maximum absolute atomic E-state index is 13.4. The van der Waals surface area contributed by atoms with Crippen LogP contribution < -0.4 is 11.0 Å². The molecule has 192 valence electrons. The van der Waals surface area contributed by atoms with E-state index in [1.165, 1.54) is 24.3 Å². The van der Waals surface area contributed by atoms with Gasteiger partial charge >= 0.3 is 12.1 Å². The maximum Gasteiger partial charge on any atom is 0.435 e. The number of halogens is 3. The van der Waals surface area contributed by atoms with Gasteiger partial charge < -0.3 is 4.74 Å². The Morgan fingerprint density at radius 3 is 2.33 bits per heavy atom. The van der Waals surface area contributed by atoms with E-state index in [2.05, 4.69) is 5.10 Å². The number of aromatic nitrogens is 2. The van der Waals surface area contributed by atoms with Crippen molar-refractivity contribution in [2.45, 2.75) is 36.4 Å². The Morgan fingerprint density at radius 2 is 1.78 bits per heavy atom. The third kappa shape index (κ3) is 5.93. The molecule has 0 aliphatic carbocycles. The molecule has 1 aliphatic heterocycles. The average molecular weight is 524 g/mol. The van der Waals surface area contributed by atoms with E-state index in [-0.39, 0.29) is 35.3 Å². The van der Waals surface area contributed by atoms with Crippen LogP contribution >= 0.6 is 0 Å². The van der Waals surface area contributed by atoms with Crippen molar-refractivity contribution in [1.82, 2.24) is 14.8 Å². The van der Waals surface area contributed by atoms with Gasteiger partial charge in [0.15, 0.2) is 5.69 Å². The van der Waals surface area contributed by atoms with Crippen LogP contribution in [0.5, 0.6) is 0 Å². The second kappa shape index (κ2) is 10.0. The number of rotatable bonds is 7. The monoisotopic (exact) mass is 523 g/mol. The highest BCUT2D eigenvalue weighted by Gasteiger charge is 2.35. The van der Waals surface area contributed by atoms with Crippen molar-refractivity contribution in [3.63, 3.8) is 0 Å². The van der Waals surface area contributed by atoms with Crippen LogP contribution in [-0.4, -0.2) is 48.4 Å². The van der Waals surface area contributed by atoms with Gasteiger partial charge in [-0.3, -0.25) is 10.6 Å². The van der Waals surface area contributed by atoms with Gasteiger partial charge in [-0.1, -0.05) is 24.3 Å². The summed E-state index contributed by atoms with van der Waals surface area (Å²) in [7, 11) is -3.96. The highest BCUT2D eigenvalue weighted by molar-refractivity contribution is 7.89. The SMILES string of the molecule is NN1CCCC1COC(=O)Cc1ccc(-c2cc(C(F)(F)F)nn2-c2ccc(S(N)(=O)=O)cc2)cc1. The summed E-state index contributed by atoms with van der Waals surface area (Å²) >= 11 is 0. The number of hydrogen-bond donors (Lipinski definition) is 2. The van der Waals surface area contributed by atoms with Crippen LogP contribution in [-0.2, 0) is 32.2 Å². The topological polar surface area (TPSA) is 134 Å². The molecule has 0 amide bonds. The molecule has 3 aromatic rings. The molecule has 1 fully saturated rings. The van der Waals surface area contributed by atoms with Gasteiger partial charge in [0.2, 0.25) is 10.0 Å². The second-order valence-electron chi connectivity index (χ2n) is 8.45. The van der Waals surface area contributed by atoms with Gasteiger partial charge in [-0.05, 0) is 48.7 Å². The van der Waals surface area contributed by atoms with Crippen molar-refractivity contribution in [3.8, 4) is 16.9 Å². The summed E-state index contributed by atoms with van der Waals surface area (Å²) in [5.41, 5.74) is 0.266. The summed E-state index contributed by atoms with van der Waals surface area (Å²) in [5, 5.41) is 10.4. The molecule has 0 saturated carbocycles. The van der Waals surface area contributed by atoms with Crippen molar-refractivity contribution in [2.24, 2.45) is 11.0 Å². The predicted molar refractivity (Wildman–Crippen MR) is 124 cm³/mol. The number of primary sulfonamides is 1. The lowest BCUT2D eigenvalue weighted by atomic mass is 10.1. The second-order valence-corrected chi connectivity index (χ2v) is 10.0. The lowest BCUT2D eigenvalue weighted by Crippen LogP contribution is -2.39. The Labute approximate surface area is 205 Å². The Kier molecular flexibility index (Phi) is 7.18. The largest absolute Gasteiger partial charge is 0.464 e. The fourth-order valence-electron chi connectivity index (χ4n) is 3.94. The molecule has 36 heavy (non-hydrogen) atoms. The zero-order valence-corrected chi connectivity index (χ0v) is 19.8. The Morgan fingerprint density at radius 1 is 1.11 bits per heavy atom. The van der Waals surface area contributed by atoms with Gasteiger partial charge in [-0.25, -0.2) is 23.2 Å². The fourth-order valence-corrected chi connectivity index (χ4v) is 4.45. The minimum Gasteiger partial charge on any atom is -0.464 e. The summed E-state index contributed by atoms with van der Waals surface area (Å²) in [6.45, 7) is 0.962. The molecule has 13 heteroatoms. The molecule has 1 aromatic heterocycles. The quantitative estimate of drug-likeness (QED) is 0.359. The Balaban J connectivity index is 1.55. The zero-order chi connectivity index (χ0) is 26.1. The fraction of sp³-hybridized carbons (Fsp3) is 0.304. The lowest BCUT2D eigenvalue weighted by molar-refractivity contribution is -0.144. The number of nitrogens with two attached hydrogens (primary N) is 2. The molecule has 4 N–H and O–H groups in total. The molecule has 9 nitrogen and oxygen atoms in total. The third-order valence-electron chi connectivity index (χ3n) is 5.87. The number of carbonyl (C=O) groups excluding carboxylic acids is 1. The van der Waals surface area contributed by atoms with Crippen LogP contribution in [0.2, 0.25) is 0 Å². The Bertz CT molecular complexity index is 1340. The van der Waals surface area contributed by atoms with Crippen molar-refractivity contribution in [3.05, 3.63) is 65.9 Å². The molecule has 1 aliphatic rings. The van der Waals surface area contributed by atoms with Crippen LogP contribution in [0.4, 0.5) is 13.2 Å². The Hall–Kier alpha value is -3.26. The molecular formula is C23H24F3N5O4S. The van der Waals surface area contributed by atoms with Crippen LogP contribution in [0.25, 0.3) is 16.9 Å². The minimum atomic E-state index is -4.69. The molecule has 1 unspecified atom stereocenters. The summed E-state index contributed by atoms with van der Waals surface area (Å²) < 4.78 is 69.6. The van der Waals surface area contributed by atoms with Crippen LogP contribution in [0.1, 0.15) is 24.1 Å². The van der Waals surface area contributed by atoms with Crippen molar-refractivity contribution in [1.29, 1.82) is 0 Å². The van der Waals surface area contributed by atoms with Crippen LogP contribution in [0.3, 0.4) is 0 Å². The summed E-state index contributed by atoms with van der Waals surface area (Å²) in [4.78, 5) is 12.0. The number of benzene rings is 2. The van der Waals surface area contributed by atoms with Crippen LogP contribution in [0, 0.1) is 0 Å². The van der Waals surface area contributed by atoms with Crippen molar-refractivity contribution < 1.29 is 31.1 Å².